The van der Waals surface area contributed by atoms with Gasteiger partial charge < -0.3 is 10.3 Å². The number of sulfonamides is 1. The maximum atomic E-state index is 12.1. The molecule has 18 heavy (non-hydrogen) atoms. The second-order valence-electron chi connectivity index (χ2n) is 3.95. The van der Waals surface area contributed by atoms with Crippen molar-refractivity contribution in [2.24, 2.45) is 14.1 Å². The van der Waals surface area contributed by atoms with Crippen LogP contribution in [-0.2, 0) is 24.1 Å². The topological polar surface area (TPSA) is 108 Å². The number of rotatable bonds is 3. The van der Waals surface area contributed by atoms with Crippen molar-refractivity contribution in [1.82, 2.24) is 19.3 Å². The van der Waals surface area contributed by atoms with Crippen molar-refractivity contribution in [2.75, 3.05) is 10.5 Å². The highest BCUT2D eigenvalue weighted by atomic mass is 32.2. The molecule has 98 valence electrons. The largest absolute Gasteiger partial charge is 0.381 e. The summed E-state index contributed by atoms with van der Waals surface area (Å²) >= 11 is 0. The summed E-state index contributed by atoms with van der Waals surface area (Å²) in [6.45, 7) is 1.82. The maximum absolute atomic E-state index is 12.1. The van der Waals surface area contributed by atoms with Gasteiger partial charge in [0.05, 0.1) is 6.33 Å². The molecular weight excluding hydrogens is 256 g/mol. The average molecular weight is 270 g/mol. The molecular formula is C9H14N6O2S. The minimum atomic E-state index is -3.79. The lowest BCUT2D eigenvalue weighted by Crippen LogP contribution is -2.18. The molecule has 2 heterocycles. The third-order valence-electron chi connectivity index (χ3n) is 2.52. The van der Waals surface area contributed by atoms with Gasteiger partial charge in [0.25, 0.3) is 10.0 Å². The first-order valence-corrected chi connectivity index (χ1v) is 6.60. The van der Waals surface area contributed by atoms with Crippen LogP contribution in [0.5, 0.6) is 0 Å². The number of imidazole rings is 1. The van der Waals surface area contributed by atoms with Crippen molar-refractivity contribution in [3.05, 3.63) is 18.1 Å². The van der Waals surface area contributed by atoms with Gasteiger partial charge in [0.2, 0.25) is 0 Å². The zero-order valence-corrected chi connectivity index (χ0v) is 11.1. The molecule has 8 nitrogen and oxygen atoms in total. The van der Waals surface area contributed by atoms with Gasteiger partial charge in [-0.2, -0.15) is 13.5 Å². The molecule has 0 aliphatic rings. The fraction of sp³-hybridized carbons (Fsp3) is 0.333. The first-order valence-electron chi connectivity index (χ1n) is 5.11. The van der Waals surface area contributed by atoms with Crippen LogP contribution in [0.4, 0.5) is 11.6 Å². The summed E-state index contributed by atoms with van der Waals surface area (Å²) in [5.74, 6) is 0.202. The highest BCUT2D eigenvalue weighted by Crippen LogP contribution is 2.19. The fourth-order valence-corrected chi connectivity index (χ4v) is 2.79. The molecule has 0 aliphatic heterocycles. The zero-order chi connectivity index (χ0) is 13.5. The lowest BCUT2D eigenvalue weighted by molar-refractivity contribution is 0.591. The Bertz CT molecular complexity index is 645. The van der Waals surface area contributed by atoms with Crippen LogP contribution >= 0.6 is 0 Å². The fourth-order valence-electron chi connectivity index (χ4n) is 1.56. The Morgan fingerprint density at radius 3 is 2.50 bits per heavy atom. The quantitative estimate of drug-likeness (QED) is 0.806. The average Bonchev–Trinajstić information content (AvgIpc) is 2.71. The second-order valence-corrected chi connectivity index (χ2v) is 5.54. The van der Waals surface area contributed by atoms with E-state index < -0.39 is 10.0 Å². The van der Waals surface area contributed by atoms with Gasteiger partial charge in [-0.15, -0.1) is 0 Å². The molecule has 0 radical (unpaired) electrons. The number of hydrogen-bond donors (Lipinski definition) is 2. The number of hydrogen-bond acceptors (Lipinski definition) is 5. The van der Waals surface area contributed by atoms with E-state index in [-0.39, 0.29) is 16.7 Å². The number of aromatic nitrogens is 4. The molecule has 9 heteroatoms. The van der Waals surface area contributed by atoms with Crippen LogP contribution in [-0.4, -0.2) is 27.7 Å². The van der Waals surface area contributed by atoms with Crippen molar-refractivity contribution in [3.8, 4) is 0 Å². The normalized spacial score (nSPS) is 11.7. The third-order valence-corrected chi connectivity index (χ3v) is 4.00. The summed E-state index contributed by atoms with van der Waals surface area (Å²) in [5, 5.41) is 3.94. The van der Waals surface area contributed by atoms with Gasteiger partial charge >= 0.3 is 0 Å². The molecule has 0 saturated carbocycles. The van der Waals surface area contributed by atoms with Crippen molar-refractivity contribution in [3.63, 3.8) is 0 Å². The van der Waals surface area contributed by atoms with Crippen molar-refractivity contribution >= 4 is 21.7 Å². The van der Waals surface area contributed by atoms with Crippen molar-refractivity contribution in [1.29, 1.82) is 0 Å². The van der Waals surface area contributed by atoms with Crippen LogP contribution in [0.2, 0.25) is 0 Å². The van der Waals surface area contributed by atoms with Gasteiger partial charge in [-0.3, -0.25) is 9.40 Å². The van der Waals surface area contributed by atoms with Gasteiger partial charge in [-0.1, -0.05) is 0 Å². The van der Waals surface area contributed by atoms with E-state index in [1.54, 1.807) is 24.8 Å². The molecule has 0 bridgehead atoms. The van der Waals surface area contributed by atoms with Crippen LogP contribution < -0.4 is 10.5 Å². The van der Waals surface area contributed by atoms with Gasteiger partial charge in [-0.05, 0) is 6.92 Å². The number of nitrogens with two attached hydrogens (primary N) is 1. The highest BCUT2D eigenvalue weighted by Gasteiger charge is 2.23. The summed E-state index contributed by atoms with van der Waals surface area (Å²) in [6, 6.07) is 1.63. The predicted octanol–water partition coefficient (Wildman–Crippen LogP) is -0.155. The number of anilines is 2. The van der Waals surface area contributed by atoms with E-state index in [9.17, 15) is 8.42 Å². The van der Waals surface area contributed by atoms with E-state index in [0.717, 1.165) is 5.69 Å². The van der Waals surface area contributed by atoms with Crippen LogP contribution in [0.15, 0.2) is 17.4 Å². The Morgan fingerprint density at radius 2 is 2.06 bits per heavy atom. The maximum Gasteiger partial charge on any atom is 0.282 e. The Morgan fingerprint density at radius 1 is 1.39 bits per heavy atom. The molecule has 0 fully saturated rings. The molecule has 2 aromatic heterocycles. The van der Waals surface area contributed by atoms with Gasteiger partial charge in [0.15, 0.2) is 16.7 Å². The number of aryl methyl sites for hydroxylation is 3. The van der Waals surface area contributed by atoms with Gasteiger partial charge in [0.1, 0.15) is 0 Å². The van der Waals surface area contributed by atoms with Gasteiger partial charge in [-0.25, -0.2) is 4.98 Å². The number of nitrogen functional groups attached to an aromatic ring is 1. The Hall–Kier alpha value is -2.03. The van der Waals surface area contributed by atoms with E-state index >= 15 is 0 Å². The van der Waals surface area contributed by atoms with Crippen molar-refractivity contribution < 1.29 is 8.42 Å². The van der Waals surface area contributed by atoms with E-state index in [1.165, 1.54) is 10.9 Å². The molecule has 0 aliphatic carbocycles. The summed E-state index contributed by atoms with van der Waals surface area (Å²) in [4.78, 5) is 3.74. The Labute approximate surface area is 104 Å². The molecule has 0 aromatic carbocycles. The molecule has 0 spiro atoms. The minimum absolute atomic E-state index is 0.0438. The van der Waals surface area contributed by atoms with Crippen LogP contribution in [0.1, 0.15) is 5.69 Å². The first kappa shape index (κ1) is 12.4. The summed E-state index contributed by atoms with van der Waals surface area (Å²) in [6.07, 6.45) is 1.34. The van der Waals surface area contributed by atoms with E-state index in [4.69, 9.17) is 5.73 Å². The molecule has 0 atom stereocenters. The Balaban J connectivity index is 2.39. The second kappa shape index (κ2) is 4.02. The number of nitrogens with one attached hydrogen (secondary N) is 1. The molecule has 0 unspecified atom stereocenters. The third kappa shape index (κ3) is 2.04. The predicted molar refractivity (Wildman–Crippen MR) is 66.4 cm³/mol. The monoisotopic (exact) mass is 270 g/mol. The lowest BCUT2D eigenvalue weighted by Gasteiger charge is -2.06. The van der Waals surface area contributed by atoms with Crippen LogP contribution in [0.3, 0.4) is 0 Å². The van der Waals surface area contributed by atoms with E-state index in [0.29, 0.717) is 0 Å². The smallest absolute Gasteiger partial charge is 0.282 e. The minimum Gasteiger partial charge on any atom is -0.381 e. The summed E-state index contributed by atoms with van der Waals surface area (Å²) < 4.78 is 29.5. The first-order chi connectivity index (χ1) is 8.31. The van der Waals surface area contributed by atoms with E-state index in [2.05, 4.69) is 14.8 Å². The summed E-state index contributed by atoms with van der Waals surface area (Å²) in [7, 11) is -0.500. The SMILES string of the molecule is Cc1cc(NS(=O)(=O)c2c(N)ncn2C)nn1C. The molecule has 2 aromatic rings. The highest BCUT2D eigenvalue weighted by molar-refractivity contribution is 7.92. The number of nitrogens with zero attached hydrogens (tertiary/aromatic N) is 4. The van der Waals surface area contributed by atoms with Crippen LogP contribution in [0, 0.1) is 6.92 Å². The molecule has 2 rings (SSSR count). The molecule has 0 amide bonds. The molecule has 0 saturated heterocycles. The lowest BCUT2D eigenvalue weighted by atomic mass is 10.5. The van der Waals surface area contributed by atoms with E-state index in [1.807, 2.05) is 6.92 Å². The van der Waals surface area contributed by atoms with Crippen LogP contribution in [0.25, 0.3) is 0 Å². The van der Waals surface area contributed by atoms with Gasteiger partial charge in [0, 0.05) is 25.9 Å². The standard InChI is InChI=1S/C9H14N6O2S/c1-6-4-7(12-15(6)3)13-18(16,17)9-8(10)11-5-14(9)2/h4-5H,10H2,1-3H3,(H,12,13). The zero-order valence-electron chi connectivity index (χ0n) is 10.2. The van der Waals surface area contributed by atoms with Crippen molar-refractivity contribution in [2.45, 2.75) is 11.9 Å². The molecule has 3 N–H and O–H groups in total. The summed E-state index contributed by atoms with van der Waals surface area (Å²) in [5.41, 5.74) is 6.38. The Kier molecular flexibility index (Phi) is 2.77.